The fourth-order valence-electron chi connectivity index (χ4n) is 5.67. The van der Waals surface area contributed by atoms with Crippen LogP contribution in [0.15, 0.2) is 54.6 Å². The van der Waals surface area contributed by atoms with Crippen molar-refractivity contribution in [3.05, 3.63) is 65.2 Å². The lowest BCUT2D eigenvalue weighted by Crippen LogP contribution is -2.49. The quantitative estimate of drug-likeness (QED) is 0.742. The summed E-state index contributed by atoms with van der Waals surface area (Å²) in [5.41, 5.74) is 1.45. The molecule has 2 aliphatic carbocycles. The Kier molecular flexibility index (Phi) is 4.86. The van der Waals surface area contributed by atoms with Crippen LogP contribution in [0.3, 0.4) is 0 Å². The molecule has 0 unspecified atom stereocenters. The van der Waals surface area contributed by atoms with Crippen LogP contribution in [0, 0.1) is 23.7 Å². The molecule has 2 saturated carbocycles. The Morgan fingerprint density at radius 1 is 1.00 bits per heavy atom. The van der Waals surface area contributed by atoms with Gasteiger partial charge in [-0.05, 0) is 54.9 Å². The van der Waals surface area contributed by atoms with Gasteiger partial charge in [-0.25, -0.2) is 0 Å². The minimum atomic E-state index is -0.878. The lowest BCUT2D eigenvalue weighted by Gasteiger charge is -2.27. The molecular weight excluding hydrogens is 400 g/mol. The van der Waals surface area contributed by atoms with Crippen LogP contribution in [-0.2, 0) is 20.8 Å². The number of benzene rings is 2. The van der Waals surface area contributed by atoms with Gasteiger partial charge in [0, 0.05) is 17.1 Å². The van der Waals surface area contributed by atoms with Crippen molar-refractivity contribution in [1.82, 2.24) is 4.90 Å². The largest absolute Gasteiger partial charge is 0.324 e. The first-order valence-electron chi connectivity index (χ1n) is 10.5. The highest BCUT2D eigenvalue weighted by Crippen LogP contribution is 2.56. The molecule has 1 aliphatic heterocycles. The van der Waals surface area contributed by atoms with Crippen LogP contribution >= 0.6 is 11.6 Å². The van der Waals surface area contributed by atoms with E-state index in [0.29, 0.717) is 17.1 Å². The van der Waals surface area contributed by atoms with E-state index in [4.69, 9.17) is 11.6 Å². The Morgan fingerprint density at radius 2 is 1.67 bits per heavy atom. The summed E-state index contributed by atoms with van der Waals surface area (Å²) in [6, 6.07) is 15.5. The zero-order chi connectivity index (χ0) is 20.8. The number of nitrogens with zero attached hydrogens (tertiary/aromatic N) is 1. The number of hydrogen-bond acceptors (Lipinski definition) is 3. The number of anilines is 1. The van der Waals surface area contributed by atoms with Gasteiger partial charge >= 0.3 is 0 Å². The topological polar surface area (TPSA) is 66.5 Å². The highest BCUT2D eigenvalue weighted by atomic mass is 35.5. The first kappa shape index (κ1) is 19.3. The summed E-state index contributed by atoms with van der Waals surface area (Å²) in [6.07, 6.45) is 3.28. The van der Waals surface area contributed by atoms with Crippen molar-refractivity contribution in [2.24, 2.45) is 23.7 Å². The molecule has 0 aromatic heterocycles. The van der Waals surface area contributed by atoms with Gasteiger partial charge in [0.25, 0.3) is 0 Å². The number of likely N-dealkylation sites (tertiary alicyclic amines) is 1. The Bertz CT molecular complexity index is 981. The van der Waals surface area contributed by atoms with E-state index in [0.717, 1.165) is 24.8 Å². The van der Waals surface area contributed by atoms with Crippen LogP contribution in [-0.4, -0.2) is 28.7 Å². The van der Waals surface area contributed by atoms with Gasteiger partial charge in [0.15, 0.2) is 0 Å². The average Bonchev–Trinajstić information content (AvgIpc) is 3.41. The number of fused-ring (bicyclic) bond motifs is 5. The maximum absolute atomic E-state index is 13.3. The van der Waals surface area contributed by atoms with Crippen molar-refractivity contribution in [2.75, 3.05) is 5.32 Å². The number of carbonyl (C=O) groups excluding carboxylic acids is 3. The van der Waals surface area contributed by atoms with Gasteiger partial charge in [-0.1, -0.05) is 48.0 Å². The molecule has 3 aliphatic rings. The third kappa shape index (κ3) is 3.21. The van der Waals surface area contributed by atoms with Crippen molar-refractivity contribution < 1.29 is 14.4 Å². The zero-order valence-corrected chi connectivity index (χ0v) is 17.2. The van der Waals surface area contributed by atoms with Crippen LogP contribution in [0.25, 0.3) is 0 Å². The minimum absolute atomic E-state index is 0.167. The van der Waals surface area contributed by atoms with E-state index in [1.54, 1.807) is 24.3 Å². The lowest BCUT2D eigenvalue weighted by molar-refractivity contribution is -0.147. The molecule has 2 aromatic rings. The van der Waals surface area contributed by atoms with Crippen LogP contribution < -0.4 is 5.32 Å². The van der Waals surface area contributed by atoms with Gasteiger partial charge in [0.05, 0.1) is 11.8 Å². The summed E-state index contributed by atoms with van der Waals surface area (Å²) < 4.78 is 0. The Labute approximate surface area is 180 Å². The molecular formula is C24H23ClN2O3. The first-order chi connectivity index (χ1) is 14.5. The van der Waals surface area contributed by atoms with E-state index in [9.17, 15) is 14.4 Å². The van der Waals surface area contributed by atoms with Crippen molar-refractivity contribution in [3.8, 4) is 0 Å². The van der Waals surface area contributed by atoms with Gasteiger partial charge < -0.3 is 5.32 Å². The van der Waals surface area contributed by atoms with Crippen molar-refractivity contribution in [2.45, 2.75) is 31.7 Å². The molecule has 30 heavy (non-hydrogen) atoms. The Balaban J connectivity index is 1.46. The second-order valence-electron chi connectivity index (χ2n) is 8.64. The predicted octanol–water partition coefficient (Wildman–Crippen LogP) is 3.92. The molecule has 2 aromatic carbocycles. The summed E-state index contributed by atoms with van der Waals surface area (Å²) >= 11 is 6.04. The number of hydrogen-bond donors (Lipinski definition) is 1. The lowest BCUT2D eigenvalue weighted by atomic mass is 9.81. The Morgan fingerprint density at radius 3 is 2.30 bits per heavy atom. The summed E-state index contributed by atoms with van der Waals surface area (Å²) in [5.74, 6) is -0.611. The standard InChI is InChI=1S/C24H23ClN2O3/c25-17-7-4-8-18(13-17)26-22(28)19(11-14-5-2-1-3-6-14)27-23(29)20-15-9-10-16(12-15)21(20)24(27)30/h1-8,13,15-16,19-21H,9-12H2,(H,26,28)/t15-,16+,19-,20+,21+/m1/s1. The van der Waals surface area contributed by atoms with E-state index >= 15 is 0 Å². The average molecular weight is 423 g/mol. The van der Waals surface area contributed by atoms with Crippen LogP contribution in [0.2, 0.25) is 5.02 Å². The minimum Gasteiger partial charge on any atom is -0.324 e. The SMILES string of the molecule is O=C(Nc1cccc(Cl)c1)[C@@H](Cc1ccccc1)N1C(=O)[C@H]2[C@@H]3CC[C@@H](C3)[C@@H]2C1=O. The molecule has 3 fully saturated rings. The molecule has 5 rings (SSSR count). The second-order valence-corrected chi connectivity index (χ2v) is 9.07. The van der Waals surface area contributed by atoms with E-state index in [2.05, 4.69) is 5.32 Å². The number of carbonyl (C=O) groups is 3. The molecule has 1 N–H and O–H groups in total. The van der Waals surface area contributed by atoms with E-state index in [-0.39, 0.29) is 41.4 Å². The molecule has 3 amide bonds. The van der Waals surface area contributed by atoms with Gasteiger partial charge in [0.1, 0.15) is 6.04 Å². The van der Waals surface area contributed by atoms with Crippen LogP contribution in [0.1, 0.15) is 24.8 Å². The van der Waals surface area contributed by atoms with Crippen LogP contribution in [0.4, 0.5) is 5.69 Å². The Hall–Kier alpha value is -2.66. The van der Waals surface area contributed by atoms with Gasteiger partial charge in [-0.15, -0.1) is 0 Å². The van der Waals surface area contributed by atoms with Crippen molar-refractivity contribution >= 4 is 35.0 Å². The maximum atomic E-state index is 13.3. The number of rotatable bonds is 5. The van der Waals surface area contributed by atoms with Crippen molar-refractivity contribution in [1.29, 1.82) is 0 Å². The number of nitrogens with one attached hydrogen (secondary N) is 1. The highest BCUT2D eigenvalue weighted by molar-refractivity contribution is 6.30. The second kappa shape index (κ2) is 7.55. The predicted molar refractivity (Wildman–Crippen MR) is 114 cm³/mol. The van der Waals surface area contributed by atoms with Crippen LogP contribution in [0.5, 0.6) is 0 Å². The zero-order valence-electron chi connectivity index (χ0n) is 16.5. The molecule has 5 atom stereocenters. The molecule has 1 heterocycles. The molecule has 5 nitrogen and oxygen atoms in total. The number of imide groups is 1. The molecule has 0 radical (unpaired) electrons. The fraction of sp³-hybridized carbons (Fsp3) is 0.375. The summed E-state index contributed by atoms with van der Waals surface area (Å²) in [4.78, 5) is 41.2. The van der Waals surface area contributed by atoms with E-state index < -0.39 is 6.04 Å². The number of halogens is 1. The third-order valence-electron chi connectivity index (χ3n) is 6.94. The molecule has 6 heteroatoms. The van der Waals surface area contributed by atoms with E-state index in [1.807, 2.05) is 30.3 Å². The smallest absolute Gasteiger partial charge is 0.248 e. The summed E-state index contributed by atoms with van der Waals surface area (Å²) in [7, 11) is 0. The maximum Gasteiger partial charge on any atom is 0.248 e. The molecule has 0 spiro atoms. The van der Waals surface area contributed by atoms with Crippen molar-refractivity contribution in [3.63, 3.8) is 0 Å². The highest BCUT2D eigenvalue weighted by Gasteiger charge is 2.62. The molecule has 154 valence electrons. The fourth-order valence-corrected chi connectivity index (χ4v) is 5.86. The monoisotopic (exact) mass is 422 g/mol. The van der Waals surface area contributed by atoms with Gasteiger partial charge in [-0.2, -0.15) is 0 Å². The molecule has 1 saturated heterocycles. The first-order valence-corrected chi connectivity index (χ1v) is 10.9. The third-order valence-corrected chi connectivity index (χ3v) is 7.18. The van der Waals surface area contributed by atoms with Gasteiger partial charge in [0.2, 0.25) is 17.7 Å². The van der Waals surface area contributed by atoms with E-state index in [1.165, 1.54) is 4.90 Å². The van der Waals surface area contributed by atoms with Gasteiger partial charge in [-0.3, -0.25) is 19.3 Å². The number of amides is 3. The molecule has 2 bridgehead atoms. The normalized spacial score (nSPS) is 28.0. The summed E-state index contributed by atoms with van der Waals surface area (Å²) in [5, 5.41) is 3.36. The summed E-state index contributed by atoms with van der Waals surface area (Å²) in [6.45, 7) is 0.